The highest BCUT2D eigenvalue weighted by molar-refractivity contribution is 7.89. The summed E-state index contributed by atoms with van der Waals surface area (Å²) in [6, 6.07) is 15.5. The molecule has 4 rings (SSSR count). The molecule has 158 valence electrons. The van der Waals surface area contributed by atoms with Crippen molar-refractivity contribution in [3.63, 3.8) is 0 Å². The molecule has 1 aliphatic rings. The number of aryl methyl sites for hydroxylation is 1. The average Bonchev–Trinajstić information content (AvgIpc) is 3.28. The maximum atomic E-state index is 13.0. The molecule has 3 aromatic rings. The first-order valence-electron chi connectivity index (χ1n) is 9.95. The van der Waals surface area contributed by atoms with E-state index in [0.29, 0.717) is 12.3 Å². The van der Waals surface area contributed by atoms with Gasteiger partial charge in [0.05, 0.1) is 12.0 Å². The van der Waals surface area contributed by atoms with Crippen molar-refractivity contribution in [3.05, 3.63) is 81.5 Å². The van der Waals surface area contributed by atoms with E-state index in [1.165, 1.54) is 11.1 Å². The Morgan fingerprint density at radius 2 is 1.97 bits per heavy atom. The first-order chi connectivity index (χ1) is 14.5. The molecule has 0 aliphatic carbocycles. The smallest absolute Gasteiger partial charge is 0.240 e. The summed E-state index contributed by atoms with van der Waals surface area (Å²) in [5.41, 5.74) is 4.64. The van der Waals surface area contributed by atoms with E-state index in [-0.39, 0.29) is 10.9 Å². The fraction of sp³-hybridized carbons (Fsp3) is 0.304. The second-order valence-electron chi connectivity index (χ2n) is 7.54. The third-order valence-corrected chi connectivity index (χ3v) is 7.79. The van der Waals surface area contributed by atoms with Crippen LogP contribution in [0.15, 0.2) is 64.2 Å². The molecule has 0 saturated heterocycles. The first-order valence-corrected chi connectivity index (χ1v) is 12.4. The Bertz CT molecular complexity index is 1110. The average molecular weight is 443 g/mol. The summed E-state index contributed by atoms with van der Waals surface area (Å²) in [6.45, 7) is 3.89. The molecular weight excluding hydrogens is 416 g/mol. The fourth-order valence-corrected chi connectivity index (χ4v) is 5.83. The third-order valence-electron chi connectivity index (χ3n) is 5.67. The van der Waals surface area contributed by atoms with Crippen LogP contribution in [-0.4, -0.2) is 33.5 Å². The summed E-state index contributed by atoms with van der Waals surface area (Å²) < 4.78 is 34.0. The third kappa shape index (κ3) is 4.44. The second-order valence-corrected chi connectivity index (χ2v) is 10.1. The number of hydrogen-bond donors (Lipinski definition) is 1. The number of rotatable bonds is 7. The molecule has 2 aromatic carbocycles. The van der Waals surface area contributed by atoms with Crippen LogP contribution in [0.4, 0.5) is 0 Å². The van der Waals surface area contributed by atoms with E-state index in [1.807, 2.05) is 12.3 Å². The molecule has 0 bridgehead atoms. The lowest BCUT2D eigenvalue weighted by molar-refractivity contribution is 0.181. The van der Waals surface area contributed by atoms with Crippen LogP contribution in [0, 0.1) is 6.92 Å². The molecule has 5 nitrogen and oxygen atoms in total. The normalized spacial score (nSPS) is 15.5. The second kappa shape index (κ2) is 8.89. The molecule has 7 heteroatoms. The number of benzene rings is 2. The number of thiophene rings is 1. The number of fused-ring (bicyclic) bond motifs is 1. The quantitative estimate of drug-likeness (QED) is 0.597. The number of ether oxygens (including phenoxy) is 1. The monoisotopic (exact) mass is 442 g/mol. The van der Waals surface area contributed by atoms with Gasteiger partial charge in [-0.1, -0.05) is 24.3 Å². The van der Waals surface area contributed by atoms with Gasteiger partial charge in [-0.25, -0.2) is 13.1 Å². The molecule has 1 aliphatic heterocycles. The van der Waals surface area contributed by atoms with Crippen molar-refractivity contribution in [2.45, 2.75) is 30.8 Å². The number of hydrogen-bond acceptors (Lipinski definition) is 5. The van der Waals surface area contributed by atoms with Crippen molar-refractivity contribution in [2.24, 2.45) is 0 Å². The summed E-state index contributed by atoms with van der Waals surface area (Å²) in [5, 5.41) is 4.15. The molecular formula is C23H26N2O3S2. The van der Waals surface area contributed by atoms with Gasteiger partial charge in [0.2, 0.25) is 10.0 Å². The molecule has 30 heavy (non-hydrogen) atoms. The molecule has 2 heterocycles. The summed E-state index contributed by atoms with van der Waals surface area (Å²) in [6.07, 6.45) is 0.973. The van der Waals surface area contributed by atoms with Crippen LogP contribution in [-0.2, 0) is 23.0 Å². The zero-order valence-electron chi connectivity index (χ0n) is 17.2. The molecule has 1 N–H and O–H groups in total. The number of nitrogens with one attached hydrogen (secondary N) is 1. The van der Waals surface area contributed by atoms with Crippen molar-refractivity contribution >= 4 is 21.4 Å². The molecule has 1 aromatic heterocycles. The van der Waals surface area contributed by atoms with Gasteiger partial charge in [-0.2, -0.15) is 11.3 Å². The minimum atomic E-state index is -3.62. The standard InChI is InChI=1S/C23H26N2O3S2/c1-17-13-21(7-8-23(17)28-2)30(26,27)24-14-22(20-10-12-29-16-20)25-11-9-18-5-3-4-6-19(18)15-25/h3-8,10,12-13,16,22,24H,9,11,14-15H2,1-2H3/t22-/m1/s1. The van der Waals surface area contributed by atoms with Crippen molar-refractivity contribution in [2.75, 3.05) is 20.2 Å². The largest absolute Gasteiger partial charge is 0.496 e. The fourth-order valence-electron chi connectivity index (χ4n) is 4.00. The minimum absolute atomic E-state index is 0.0151. The summed E-state index contributed by atoms with van der Waals surface area (Å²) in [7, 11) is -2.04. The number of nitrogens with zero attached hydrogens (tertiary/aromatic N) is 1. The maximum Gasteiger partial charge on any atom is 0.240 e. The van der Waals surface area contributed by atoms with E-state index in [4.69, 9.17) is 4.74 Å². The molecule has 0 unspecified atom stereocenters. The highest BCUT2D eigenvalue weighted by Gasteiger charge is 2.27. The van der Waals surface area contributed by atoms with Crippen molar-refractivity contribution < 1.29 is 13.2 Å². The van der Waals surface area contributed by atoms with Crippen LogP contribution in [0.3, 0.4) is 0 Å². The van der Waals surface area contributed by atoms with E-state index in [1.54, 1.807) is 36.6 Å². The molecule has 1 atom stereocenters. The van der Waals surface area contributed by atoms with Crippen LogP contribution in [0.5, 0.6) is 5.75 Å². The molecule has 0 radical (unpaired) electrons. The number of methoxy groups -OCH3 is 1. The lowest BCUT2D eigenvalue weighted by Crippen LogP contribution is -2.40. The lowest BCUT2D eigenvalue weighted by Gasteiger charge is -2.35. The molecule has 0 spiro atoms. The zero-order chi connectivity index (χ0) is 21.1. The SMILES string of the molecule is COc1ccc(S(=O)(=O)NC[C@H](c2ccsc2)N2CCc3ccccc3C2)cc1C. The number of sulfonamides is 1. The Morgan fingerprint density at radius 1 is 1.17 bits per heavy atom. The minimum Gasteiger partial charge on any atom is -0.496 e. The van der Waals surface area contributed by atoms with E-state index in [9.17, 15) is 8.42 Å². The Kier molecular flexibility index (Phi) is 6.24. The highest BCUT2D eigenvalue weighted by atomic mass is 32.2. The predicted octanol–water partition coefficient (Wildman–Crippen LogP) is 4.14. The lowest BCUT2D eigenvalue weighted by atomic mass is 9.97. The topological polar surface area (TPSA) is 58.6 Å². The van der Waals surface area contributed by atoms with Gasteiger partial charge in [0.15, 0.2) is 0 Å². The van der Waals surface area contributed by atoms with Gasteiger partial charge in [-0.3, -0.25) is 4.90 Å². The Labute approximate surface area is 182 Å². The summed E-state index contributed by atoms with van der Waals surface area (Å²) in [4.78, 5) is 2.63. The maximum absolute atomic E-state index is 13.0. The van der Waals surface area contributed by atoms with Gasteiger partial charge in [0, 0.05) is 25.7 Å². The van der Waals surface area contributed by atoms with Gasteiger partial charge in [0.1, 0.15) is 5.75 Å². The van der Waals surface area contributed by atoms with E-state index in [2.05, 4.69) is 45.3 Å². The van der Waals surface area contributed by atoms with E-state index < -0.39 is 10.0 Å². The zero-order valence-corrected chi connectivity index (χ0v) is 18.8. The van der Waals surface area contributed by atoms with Gasteiger partial charge in [0.25, 0.3) is 0 Å². The molecule has 0 fully saturated rings. The van der Waals surface area contributed by atoms with E-state index >= 15 is 0 Å². The van der Waals surface area contributed by atoms with Crippen LogP contribution in [0.25, 0.3) is 0 Å². The molecule has 0 saturated carbocycles. The Morgan fingerprint density at radius 3 is 2.67 bits per heavy atom. The van der Waals surface area contributed by atoms with Crippen LogP contribution in [0.1, 0.15) is 28.3 Å². The van der Waals surface area contributed by atoms with Crippen molar-refractivity contribution in [1.82, 2.24) is 9.62 Å². The Balaban J connectivity index is 1.54. The van der Waals surface area contributed by atoms with Crippen LogP contribution < -0.4 is 9.46 Å². The highest BCUT2D eigenvalue weighted by Crippen LogP contribution is 2.29. The van der Waals surface area contributed by atoms with Crippen LogP contribution >= 0.6 is 11.3 Å². The first kappa shape index (κ1) is 21.1. The summed E-state index contributed by atoms with van der Waals surface area (Å²) in [5.74, 6) is 0.678. The summed E-state index contributed by atoms with van der Waals surface area (Å²) >= 11 is 1.64. The van der Waals surface area contributed by atoms with Crippen molar-refractivity contribution in [1.29, 1.82) is 0 Å². The van der Waals surface area contributed by atoms with Gasteiger partial charge in [-0.05, 0) is 70.6 Å². The van der Waals surface area contributed by atoms with Gasteiger partial charge < -0.3 is 4.74 Å². The molecule has 0 amide bonds. The predicted molar refractivity (Wildman–Crippen MR) is 121 cm³/mol. The van der Waals surface area contributed by atoms with Gasteiger partial charge in [-0.15, -0.1) is 0 Å². The van der Waals surface area contributed by atoms with E-state index in [0.717, 1.165) is 30.6 Å². The van der Waals surface area contributed by atoms with Gasteiger partial charge >= 0.3 is 0 Å². The van der Waals surface area contributed by atoms with Crippen LogP contribution in [0.2, 0.25) is 0 Å². The van der Waals surface area contributed by atoms with Crippen molar-refractivity contribution in [3.8, 4) is 5.75 Å². The Hall–Kier alpha value is -2.19.